The van der Waals surface area contributed by atoms with Gasteiger partial charge in [0.1, 0.15) is 0 Å². The minimum absolute atomic E-state index is 0.476. The van der Waals surface area contributed by atoms with Crippen molar-refractivity contribution in [3.05, 3.63) is 0 Å². The maximum atomic E-state index is 5.47. The Balaban J connectivity index is 1.86. The molecular weight excluding hydrogens is 200 g/mol. The first-order valence-corrected chi connectivity index (χ1v) is 6.59. The molecule has 3 nitrogen and oxygen atoms in total. The third kappa shape index (κ3) is 2.96. The highest BCUT2D eigenvalue weighted by atomic mass is 16.5. The highest BCUT2D eigenvalue weighted by molar-refractivity contribution is 4.92. The molecule has 0 saturated carbocycles. The van der Waals surface area contributed by atoms with Gasteiger partial charge in [-0.3, -0.25) is 0 Å². The SMILES string of the molecule is CC(C)CC1(CC2CN(C)CCN2)COC1. The van der Waals surface area contributed by atoms with Crippen molar-refractivity contribution in [2.75, 3.05) is 39.9 Å². The number of nitrogens with zero attached hydrogens (tertiary/aromatic N) is 1. The van der Waals surface area contributed by atoms with Gasteiger partial charge < -0.3 is 15.0 Å². The average Bonchev–Trinajstić information content (AvgIpc) is 2.13. The summed E-state index contributed by atoms with van der Waals surface area (Å²) in [5.41, 5.74) is 0.476. The number of ether oxygens (including phenoxy) is 1. The Bertz CT molecular complexity index is 226. The highest BCUT2D eigenvalue weighted by Gasteiger charge is 2.41. The number of hydrogen-bond donors (Lipinski definition) is 1. The number of piperazine rings is 1. The van der Waals surface area contributed by atoms with Crippen LogP contribution >= 0.6 is 0 Å². The van der Waals surface area contributed by atoms with E-state index < -0.39 is 0 Å². The van der Waals surface area contributed by atoms with E-state index in [-0.39, 0.29) is 0 Å². The molecule has 94 valence electrons. The van der Waals surface area contributed by atoms with E-state index in [1.165, 1.54) is 25.9 Å². The van der Waals surface area contributed by atoms with Gasteiger partial charge in [0.15, 0.2) is 0 Å². The summed E-state index contributed by atoms with van der Waals surface area (Å²) in [5, 5.41) is 3.65. The molecule has 0 aromatic carbocycles. The van der Waals surface area contributed by atoms with Crippen LogP contribution in [0, 0.1) is 11.3 Å². The van der Waals surface area contributed by atoms with Crippen LogP contribution in [0.25, 0.3) is 0 Å². The van der Waals surface area contributed by atoms with Gasteiger partial charge in [-0.1, -0.05) is 13.8 Å². The zero-order chi connectivity index (χ0) is 11.6. The standard InChI is InChI=1S/C13H26N2O/c1-11(2)6-13(9-16-10-13)7-12-8-15(3)5-4-14-12/h11-12,14H,4-10H2,1-3H3. The highest BCUT2D eigenvalue weighted by Crippen LogP contribution is 2.39. The number of rotatable bonds is 4. The van der Waals surface area contributed by atoms with Gasteiger partial charge in [-0.05, 0) is 25.8 Å². The fourth-order valence-electron chi connectivity index (χ4n) is 3.23. The predicted molar refractivity (Wildman–Crippen MR) is 66.6 cm³/mol. The number of hydrogen-bond acceptors (Lipinski definition) is 3. The molecule has 2 rings (SSSR count). The quantitative estimate of drug-likeness (QED) is 0.783. The van der Waals surface area contributed by atoms with Crippen molar-refractivity contribution < 1.29 is 4.74 Å². The van der Waals surface area contributed by atoms with Gasteiger partial charge in [0.25, 0.3) is 0 Å². The van der Waals surface area contributed by atoms with Crippen LogP contribution in [0.3, 0.4) is 0 Å². The van der Waals surface area contributed by atoms with Crippen molar-refractivity contribution >= 4 is 0 Å². The van der Waals surface area contributed by atoms with Crippen molar-refractivity contribution in [1.29, 1.82) is 0 Å². The van der Waals surface area contributed by atoms with Crippen LogP contribution in [0.15, 0.2) is 0 Å². The third-order valence-corrected chi connectivity index (χ3v) is 3.80. The van der Waals surface area contributed by atoms with Gasteiger partial charge in [-0.15, -0.1) is 0 Å². The summed E-state index contributed by atoms with van der Waals surface area (Å²) in [4.78, 5) is 2.43. The Hall–Kier alpha value is -0.120. The molecule has 3 heteroatoms. The maximum Gasteiger partial charge on any atom is 0.0545 e. The third-order valence-electron chi connectivity index (χ3n) is 3.80. The molecule has 0 spiro atoms. The molecule has 2 aliphatic heterocycles. The molecule has 16 heavy (non-hydrogen) atoms. The monoisotopic (exact) mass is 226 g/mol. The topological polar surface area (TPSA) is 24.5 Å². The molecule has 1 N–H and O–H groups in total. The van der Waals surface area contributed by atoms with Crippen molar-refractivity contribution in [2.24, 2.45) is 11.3 Å². The molecule has 2 saturated heterocycles. The van der Waals surface area contributed by atoms with Gasteiger partial charge >= 0.3 is 0 Å². The predicted octanol–water partition coefficient (Wildman–Crippen LogP) is 1.34. The van der Waals surface area contributed by atoms with Gasteiger partial charge in [-0.2, -0.15) is 0 Å². The Labute approximate surface area is 99.5 Å². The molecule has 2 aliphatic rings. The lowest BCUT2D eigenvalue weighted by Crippen LogP contribution is -2.54. The lowest BCUT2D eigenvalue weighted by molar-refractivity contribution is -0.132. The summed E-state index contributed by atoms with van der Waals surface area (Å²) in [6.07, 6.45) is 2.60. The molecule has 0 amide bonds. The molecule has 0 radical (unpaired) electrons. The fourth-order valence-corrected chi connectivity index (χ4v) is 3.23. The first-order valence-electron chi connectivity index (χ1n) is 6.59. The normalized spacial score (nSPS) is 30.4. The molecule has 1 unspecified atom stereocenters. The largest absolute Gasteiger partial charge is 0.380 e. The summed E-state index contributed by atoms with van der Waals surface area (Å²) >= 11 is 0. The summed E-state index contributed by atoms with van der Waals surface area (Å²) in [5.74, 6) is 0.783. The van der Waals surface area contributed by atoms with E-state index in [2.05, 4.69) is 31.1 Å². The van der Waals surface area contributed by atoms with E-state index in [0.29, 0.717) is 11.5 Å². The van der Waals surface area contributed by atoms with Crippen LogP contribution in [0.1, 0.15) is 26.7 Å². The van der Waals surface area contributed by atoms with Crippen LogP contribution in [0.2, 0.25) is 0 Å². The number of likely N-dealkylation sites (N-methyl/N-ethyl adjacent to an activating group) is 1. The van der Waals surface area contributed by atoms with E-state index in [0.717, 1.165) is 25.7 Å². The van der Waals surface area contributed by atoms with Crippen molar-refractivity contribution in [2.45, 2.75) is 32.7 Å². The second-order valence-corrected chi connectivity index (χ2v) is 6.21. The molecule has 0 aromatic heterocycles. The second kappa shape index (κ2) is 5.03. The Morgan fingerprint density at radius 2 is 2.19 bits per heavy atom. The lowest BCUT2D eigenvalue weighted by Gasteiger charge is -2.46. The maximum absolute atomic E-state index is 5.47. The van der Waals surface area contributed by atoms with Crippen molar-refractivity contribution in [3.8, 4) is 0 Å². The van der Waals surface area contributed by atoms with E-state index in [1.807, 2.05) is 0 Å². The average molecular weight is 226 g/mol. The molecule has 0 aromatic rings. The van der Waals surface area contributed by atoms with Crippen LogP contribution < -0.4 is 5.32 Å². The van der Waals surface area contributed by atoms with Crippen LogP contribution in [0.5, 0.6) is 0 Å². The molecule has 2 heterocycles. The Morgan fingerprint density at radius 3 is 2.69 bits per heavy atom. The van der Waals surface area contributed by atoms with Gasteiger partial charge in [0.2, 0.25) is 0 Å². The van der Waals surface area contributed by atoms with Gasteiger partial charge in [-0.25, -0.2) is 0 Å². The Kier molecular flexibility index (Phi) is 3.88. The zero-order valence-corrected chi connectivity index (χ0v) is 11.0. The van der Waals surface area contributed by atoms with E-state index in [9.17, 15) is 0 Å². The van der Waals surface area contributed by atoms with E-state index in [4.69, 9.17) is 4.74 Å². The lowest BCUT2D eigenvalue weighted by atomic mass is 9.73. The van der Waals surface area contributed by atoms with E-state index >= 15 is 0 Å². The molecule has 0 bridgehead atoms. The second-order valence-electron chi connectivity index (χ2n) is 6.21. The molecule has 0 aliphatic carbocycles. The van der Waals surface area contributed by atoms with Gasteiger partial charge in [0.05, 0.1) is 13.2 Å². The molecule has 1 atom stereocenters. The van der Waals surface area contributed by atoms with Crippen molar-refractivity contribution in [1.82, 2.24) is 10.2 Å². The smallest absolute Gasteiger partial charge is 0.0545 e. The van der Waals surface area contributed by atoms with Crippen molar-refractivity contribution in [3.63, 3.8) is 0 Å². The van der Waals surface area contributed by atoms with Crippen LogP contribution in [-0.2, 0) is 4.74 Å². The Morgan fingerprint density at radius 1 is 1.44 bits per heavy atom. The van der Waals surface area contributed by atoms with Crippen LogP contribution in [-0.4, -0.2) is 50.8 Å². The minimum atomic E-state index is 0.476. The summed E-state index contributed by atoms with van der Waals surface area (Å²) in [7, 11) is 2.22. The molecule has 2 fully saturated rings. The summed E-state index contributed by atoms with van der Waals surface area (Å²) in [6, 6.07) is 0.668. The fraction of sp³-hybridized carbons (Fsp3) is 1.00. The first-order chi connectivity index (χ1) is 7.60. The molecular formula is C13H26N2O. The zero-order valence-electron chi connectivity index (χ0n) is 11.0. The minimum Gasteiger partial charge on any atom is -0.380 e. The first kappa shape index (κ1) is 12.3. The number of nitrogens with one attached hydrogen (secondary N) is 1. The summed E-state index contributed by atoms with van der Waals surface area (Å²) < 4.78 is 5.47. The van der Waals surface area contributed by atoms with E-state index in [1.54, 1.807) is 0 Å². The summed E-state index contributed by atoms with van der Waals surface area (Å²) in [6.45, 7) is 10.1. The van der Waals surface area contributed by atoms with Gasteiger partial charge in [0, 0.05) is 31.1 Å². The van der Waals surface area contributed by atoms with Crippen LogP contribution in [0.4, 0.5) is 0 Å².